The molecule has 5 nitrogen and oxygen atoms in total. The van der Waals surface area contributed by atoms with Gasteiger partial charge in [0.15, 0.2) is 0 Å². The largest absolute Gasteiger partial charge is 0.377 e. The van der Waals surface area contributed by atoms with Gasteiger partial charge in [-0.25, -0.2) is 17.5 Å². The number of halogens is 1. The number of nitrogens with zero attached hydrogens (tertiary/aromatic N) is 1. The van der Waals surface area contributed by atoms with Crippen molar-refractivity contribution in [1.29, 1.82) is 0 Å². The number of fused-ring (bicyclic) bond motifs is 1. The van der Waals surface area contributed by atoms with Crippen LogP contribution in [0.5, 0.6) is 0 Å². The molecule has 110 valence electrons. The van der Waals surface area contributed by atoms with E-state index in [4.69, 9.17) is 4.74 Å². The molecule has 20 heavy (non-hydrogen) atoms. The molecule has 1 aliphatic carbocycles. The Labute approximate surface area is 117 Å². The van der Waals surface area contributed by atoms with Crippen LogP contribution in [0.25, 0.3) is 0 Å². The molecule has 0 amide bonds. The number of rotatable bonds is 3. The van der Waals surface area contributed by atoms with Crippen LogP contribution in [-0.2, 0) is 14.8 Å². The molecule has 3 rings (SSSR count). The summed E-state index contributed by atoms with van der Waals surface area (Å²) in [7, 11) is -3.76. The van der Waals surface area contributed by atoms with Gasteiger partial charge >= 0.3 is 0 Å². The summed E-state index contributed by atoms with van der Waals surface area (Å²) < 4.78 is 46.0. The number of ether oxygens (including phenoxy) is 1. The smallest absolute Gasteiger partial charge is 0.242 e. The highest BCUT2D eigenvalue weighted by Gasteiger charge is 2.60. The van der Waals surface area contributed by atoms with Gasteiger partial charge in [-0.05, 0) is 12.5 Å². The van der Waals surface area contributed by atoms with Gasteiger partial charge in [0.1, 0.15) is 10.7 Å². The quantitative estimate of drug-likeness (QED) is 0.914. The van der Waals surface area contributed by atoms with Gasteiger partial charge in [0.25, 0.3) is 0 Å². The van der Waals surface area contributed by atoms with Crippen molar-refractivity contribution in [3.63, 3.8) is 0 Å². The molecule has 1 saturated carbocycles. The van der Waals surface area contributed by atoms with Crippen LogP contribution in [0.1, 0.15) is 20.3 Å². The minimum atomic E-state index is -3.76. The van der Waals surface area contributed by atoms with Gasteiger partial charge in [-0.2, -0.15) is 0 Å². The molecular weight excluding hydrogens is 283 g/mol. The van der Waals surface area contributed by atoms with Crippen molar-refractivity contribution in [2.24, 2.45) is 11.3 Å². The summed E-state index contributed by atoms with van der Waals surface area (Å²) in [6.45, 7) is 4.63. The zero-order valence-corrected chi connectivity index (χ0v) is 12.2. The molecule has 0 bridgehead atoms. The number of hydrogen-bond acceptors (Lipinski definition) is 4. The highest BCUT2D eigenvalue weighted by Crippen LogP contribution is 2.52. The summed E-state index contributed by atoms with van der Waals surface area (Å²) in [4.78, 5) is 3.44. The Morgan fingerprint density at radius 2 is 2.20 bits per heavy atom. The van der Waals surface area contributed by atoms with E-state index in [9.17, 15) is 12.8 Å². The van der Waals surface area contributed by atoms with Crippen molar-refractivity contribution in [3.05, 3.63) is 24.3 Å². The first-order valence-corrected chi connectivity index (χ1v) is 8.05. The summed E-state index contributed by atoms with van der Waals surface area (Å²) in [5.74, 6) is -0.468. The third-order valence-corrected chi connectivity index (χ3v) is 5.78. The Kier molecular flexibility index (Phi) is 3.11. The zero-order chi connectivity index (χ0) is 14.5. The van der Waals surface area contributed by atoms with Gasteiger partial charge < -0.3 is 4.74 Å². The van der Waals surface area contributed by atoms with Crippen LogP contribution in [0.3, 0.4) is 0 Å². The van der Waals surface area contributed by atoms with E-state index >= 15 is 0 Å². The van der Waals surface area contributed by atoms with E-state index in [1.165, 1.54) is 0 Å². The second kappa shape index (κ2) is 4.47. The third-order valence-electron chi connectivity index (χ3n) is 4.37. The molecule has 2 aliphatic rings. The molecule has 2 fully saturated rings. The van der Waals surface area contributed by atoms with Crippen LogP contribution in [0.4, 0.5) is 4.39 Å². The third kappa shape index (κ3) is 2.04. The number of sulfonamides is 1. The van der Waals surface area contributed by atoms with Crippen molar-refractivity contribution in [2.75, 3.05) is 6.61 Å². The lowest BCUT2D eigenvalue weighted by molar-refractivity contribution is -0.105. The maximum Gasteiger partial charge on any atom is 0.242 e. The second-order valence-electron chi connectivity index (χ2n) is 6.00. The molecule has 1 aromatic rings. The molecule has 1 saturated heterocycles. The summed E-state index contributed by atoms with van der Waals surface area (Å²) in [5.41, 5.74) is -0.255. The van der Waals surface area contributed by atoms with Crippen molar-refractivity contribution in [1.82, 2.24) is 9.71 Å². The molecule has 0 aromatic carbocycles. The van der Waals surface area contributed by atoms with Gasteiger partial charge in [-0.1, -0.05) is 13.8 Å². The Bertz CT molecular complexity index is 632. The summed E-state index contributed by atoms with van der Waals surface area (Å²) in [5, 5.41) is 0. The van der Waals surface area contributed by atoms with Gasteiger partial charge in [0, 0.05) is 30.2 Å². The van der Waals surface area contributed by atoms with Crippen LogP contribution in [0.15, 0.2) is 23.4 Å². The first-order chi connectivity index (χ1) is 9.32. The van der Waals surface area contributed by atoms with E-state index in [1.807, 2.05) is 13.8 Å². The minimum absolute atomic E-state index is 0.0980. The molecular formula is C13H17FN2O3S. The van der Waals surface area contributed by atoms with Crippen molar-refractivity contribution in [2.45, 2.75) is 37.3 Å². The maximum atomic E-state index is 13.1. The second-order valence-corrected chi connectivity index (χ2v) is 7.72. The molecule has 2 heterocycles. The fourth-order valence-corrected chi connectivity index (χ4v) is 4.75. The van der Waals surface area contributed by atoms with Crippen molar-refractivity contribution in [3.8, 4) is 0 Å². The monoisotopic (exact) mass is 300 g/mol. The normalized spacial score (nSPS) is 31.6. The molecule has 1 aliphatic heterocycles. The molecule has 1 N–H and O–H groups in total. The van der Waals surface area contributed by atoms with Gasteiger partial charge in [-0.3, -0.25) is 4.98 Å². The van der Waals surface area contributed by atoms with Gasteiger partial charge in [-0.15, -0.1) is 0 Å². The standard InChI is InChI=1S/C13H17FN2O3S/c1-13(2)11(10-3-4-19-12(10)13)16-20(17,18)9-5-8(14)6-15-7-9/h5-7,10-12,16H,3-4H2,1-2H3. The average Bonchev–Trinajstić information content (AvgIpc) is 2.83. The summed E-state index contributed by atoms with van der Waals surface area (Å²) in [6, 6.07) is 0.784. The Hall–Kier alpha value is -1.05. The Morgan fingerprint density at radius 3 is 2.90 bits per heavy atom. The fourth-order valence-electron chi connectivity index (χ4n) is 3.34. The average molecular weight is 300 g/mol. The number of hydrogen-bond donors (Lipinski definition) is 1. The van der Waals surface area contributed by atoms with Crippen LogP contribution < -0.4 is 4.72 Å². The van der Waals surface area contributed by atoms with E-state index in [0.717, 1.165) is 24.9 Å². The molecule has 7 heteroatoms. The van der Waals surface area contributed by atoms with E-state index in [0.29, 0.717) is 6.61 Å². The lowest BCUT2D eigenvalue weighted by atomic mass is 9.58. The number of nitrogens with one attached hydrogen (secondary N) is 1. The fraction of sp³-hybridized carbons (Fsp3) is 0.615. The highest BCUT2D eigenvalue weighted by molar-refractivity contribution is 7.89. The van der Waals surface area contributed by atoms with E-state index in [1.54, 1.807) is 0 Å². The van der Waals surface area contributed by atoms with Crippen LogP contribution in [-0.4, -0.2) is 32.2 Å². The maximum absolute atomic E-state index is 13.1. The molecule has 0 spiro atoms. The lowest BCUT2D eigenvalue weighted by Crippen LogP contribution is -2.66. The lowest BCUT2D eigenvalue weighted by Gasteiger charge is -2.54. The molecule has 1 aromatic heterocycles. The molecule has 0 radical (unpaired) electrons. The summed E-state index contributed by atoms with van der Waals surface area (Å²) in [6.07, 6.45) is 3.08. The Morgan fingerprint density at radius 1 is 1.45 bits per heavy atom. The first-order valence-electron chi connectivity index (χ1n) is 6.57. The van der Waals surface area contributed by atoms with Crippen LogP contribution >= 0.6 is 0 Å². The molecule has 3 unspecified atom stereocenters. The van der Waals surface area contributed by atoms with Crippen molar-refractivity contribution >= 4 is 10.0 Å². The number of pyridine rings is 1. The van der Waals surface area contributed by atoms with Crippen LogP contribution in [0.2, 0.25) is 0 Å². The predicted octanol–water partition coefficient (Wildman–Crippen LogP) is 1.31. The minimum Gasteiger partial charge on any atom is -0.377 e. The van der Waals surface area contributed by atoms with Gasteiger partial charge in [0.2, 0.25) is 10.0 Å². The van der Waals surface area contributed by atoms with E-state index in [2.05, 4.69) is 9.71 Å². The zero-order valence-electron chi connectivity index (χ0n) is 11.3. The van der Waals surface area contributed by atoms with Crippen LogP contribution in [0, 0.1) is 17.2 Å². The number of aromatic nitrogens is 1. The molecule has 3 atom stereocenters. The van der Waals surface area contributed by atoms with Crippen molar-refractivity contribution < 1.29 is 17.5 Å². The van der Waals surface area contributed by atoms with E-state index < -0.39 is 15.8 Å². The predicted molar refractivity (Wildman–Crippen MR) is 69.9 cm³/mol. The summed E-state index contributed by atoms with van der Waals surface area (Å²) >= 11 is 0. The van der Waals surface area contributed by atoms with Gasteiger partial charge in [0.05, 0.1) is 12.3 Å². The van der Waals surface area contributed by atoms with E-state index in [-0.39, 0.29) is 28.4 Å². The Balaban J connectivity index is 1.84. The SMILES string of the molecule is CC1(C)C(NS(=O)(=O)c2cncc(F)c2)C2CCOC21. The highest BCUT2D eigenvalue weighted by atomic mass is 32.2. The topological polar surface area (TPSA) is 68.3 Å². The first kappa shape index (κ1) is 13.9.